The molecule has 1 heterocycles. The Morgan fingerprint density at radius 3 is 2.83 bits per heavy atom. The number of nitriles is 1. The second kappa shape index (κ2) is 9.83. The van der Waals surface area contributed by atoms with Crippen molar-refractivity contribution in [2.45, 2.75) is 13.3 Å². The monoisotopic (exact) mass is 531 g/mol. The summed E-state index contributed by atoms with van der Waals surface area (Å²) in [6.07, 6.45) is 4.02. The molecule has 1 aromatic heterocycles. The lowest BCUT2D eigenvalue weighted by Crippen LogP contribution is -2.26. The summed E-state index contributed by atoms with van der Waals surface area (Å²) in [5.74, 6) is -0.259. The molecule has 1 amide bonds. The Hall–Kier alpha value is -2.76. The highest BCUT2D eigenvalue weighted by Gasteiger charge is 2.16. The fraction of sp³-hybridized carbons (Fsp3) is 0.182. The molecule has 0 saturated carbocycles. The van der Waals surface area contributed by atoms with Crippen LogP contribution in [0.4, 0.5) is 0 Å². The van der Waals surface area contributed by atoms with Gasteiger partial charge in [-0.1, -0.05) is 18.2 Å². The van der Waals surface area contributed by atoms with Crippen molar-refractivity contribution >= 4 is 54.7 Å². The number of carbonyl (C=O) groups is 1. The summed E-state index contributed by atoms with van der Waals surface area (Å²) in [6.45, 7) is 2.56. The first-order valence-electron chi connectivity index (χ1n) is 9.25. The molecule has 8 heteroatoms. The molecule has 30 heavy (non-hydrogen) atoms. The normalized spacial score (nSPS) is 11.3. The zero-order valence-corrected chi connectivity index (χ0v) is 19.3. The van der Waals surface area contributed by atoms with Crippen molar-refractivity contribution in [1.29, 1.82) is 5.26 Å². The number of aromatic nitrogens is 1. The first-order valence-corrected chi connectivity index (χ1v) is 10.8. The van der Waals surface area contributed by atoms with Crippen molar-refractivity contribution in [3.05, 3.63) is 62.2 Å². The number of rotatable bonds is 7. The van der Waals surface area contributed by atoms with Crippen LogP contribution in [-0.2, 0) is 11.2 Å². The van der Waals surface area contributed by atoms with Gasteiger partial charge in [0.2, 0.25) is 0 Å². The van der Waals surface area contributed by atoms with Gasteiger partial charge < -0.3 is 20.1 Å². The van der Waals surface area contributed by atoms with Gasteiger partial charge in [0.15, 0.2) is 11.5 Å². The number of para-hydroxylation sites is 1. The molecule has 3 rings (SSSR count). The van der Waals surface area contributed by atoms with Gasteiger partial charge in [-0.2, -0.15) is 5.26 Å². The Morgan fingerprint density at radius 1 is 1.33 bits per heavy atom. The lowest BCUT2D eigenvalue weighted by Gasteiger charge is -2.11. The molecule has 154 valence electrons. The Kier molecular flexibility index (Phi) is 7.19. The van der Waals surface area contributed by atoms with Crippen LogP contribution in [0.1, 0.15) is 18.1 Å². The van der Waals surface area contributed by atoms with Gasteiger partial charge in [0.25, 0.3) is 5.91 Å². The minimum absolute atomic E-state index is 0.0466. The van der Waals surface area contributed by atoms with Crippen LogP contribution >= 0.6 is 31.9 Å². The number of amides is 1. The van der Waals surface area contributed by atoms with Crippen molar-refractivity contribution in [2.75, 3.05) is 13.2 Å². The Bertz CT molecular complexity index is 1160. The van der Waals surface area contributed by atoms with Crippen molar-refractivity contribution in [3.63, 3.8) is 0 Å². The van der Waals surface area contributed by atoms with E-state index in [0.717, 1.165) is 16.5 Å². The maximum absolute atomic E-state index is 12.5. The largest absolute Gasteiger partial charge is 0.503 e. The fourth-order valence-corrected chi connectivity index (χ4v) is 3.87. The number of ether oxygens (including phenoxy) is 1. The number of carbonyl (C=O) groups excluding carboxylic acids is 1. The predicted molar refractivity (Wildman–Crippen MR) is 123 cm³/mol. The number of halogens is 2. The zero-order chi connectivity index (χ0) is 21.7. The van der Waals surface area contributed by atoms with Crippen LogP contribution in [0.15, 0.2) is 51.0 Å². The number of phenolic OH excluding ortho intramolecular Hbond substituents is 1. The van der Waals surface area contributed by atoms with Crippen LogP contribution in [0.2, 0.25) is 0 Å². The summed E-state index contributed by atoms with van der Waals surface area (Å²) in [7, 11) is 0. The van der Waals surface area contributed by atoms with E-state index in [2.05, 4.69) is 42.2 Å². The second-order valence-corrected chi connectivity index (χ2v) is 7.99. The molecule has 3 N–H and O–H groups in total. The Balaban J connectivity index is 1.74. The molecular weight excluding hydrogens is 514 g/mol. The minimum atomic E-state index is -0.466. The molecule has 0 radical (unpaired) electrons. The van der Waals surface area contributed by atoms with E-state index in [4.69, 9.17) is 4.74 Å². The number of hydrogen-bond acceptors (Lipinski definition) is 4. The van der Waals surface area contributed by atoms with Crippen LogP contribution < -0.4 is 10.1 Å². The summed E-state index contributed by atoms with van der Waals surface area (Å²) < 4.78 is 6.32. The van der Waals surface area contributed by atoms with Gasteiger partial charge in [-0.25, -0.2) is 0 Å². The molecule has 0 aliphatic carbocycles. The lowest BCUT2D eigenvalue weighted by molar-refractivity contribution is -0.117. The number of nitrogens with zero attached hydrogens (tertiary/aromatic N) is 1. The molecule has 0 aliphatic heterocycles. The van der Waals surface area contributed by atoms with Crippen molar-refractivity contribution < 1.29 is 14.6 Å². The van der Waals surface area contributed by atoms with Crippen molar-refractivity contribution in [2.24, 2.45) is 0 Å². The molecule has 0 atom stereocenters. The first-order chi connectivity index (χ1) is 14.5. The van der Waals surface area contributed by atoms with Gasteiger partial charge in [0.1, 0.15) is 11.6 Å². The van der Waals surface area contributed by atoms with Gasteiger partial charge in [0.05, 0.1) is 11.1 Å². The molecule has 0 unspecified atom stereocenters. The third-order valence-electron chi connectivity index (χ3n) is 4.49. The molecule has 0 saturated heterocycles. The SMILES string of the molecule is CCOc1cc(/C=C(/C#N)C(=O)NCCc2c[nH]c3ccccc23)c(Br)c(Br)c1O. The van der Waals surface area contributed by atoms with E-state index in [1.165, 1.54) is 6.08 Å². The zero-order valence-electron chi connectivity index (χ0n) is 16.1. The molecule has 0 spiro atoms. The van der Waals surface area contributed by atoms with Crippen LogP contribution in [0, 0.1) is 11.3 Å². The van der Waals surface area contributed by atoms with Gasteiger partial charge in [-0.05, 0) is 74.5 Å². The number of phenols is 1. The highest BCUT2D eigenvalue weighted by Crippen LogP contribution is 2.42. The van der Waals surface area contributed by atoms with Crippen molar-refractivity contribution in [1.82, 2.24) is 10.3 Å². The average Bonchev–Trinajstić information content (AvgIpc) is 3.16. The number of benzene rings is 2. The number of fused-ring (bicyclic) bond motifs is 1. The topological polar surface area (TPSA) is 98.1 Å². The van der Waals surface area contributed by atoms with Crippen LogP contribution in [0.5, 0.6) is 11.5 Å². The number of H-pyrrole nitrogens is 1. The lowest BCUT2D eigenvalue weighted by atomic mass is 10.1. The van der Waals surface area contributed by atoms with Gasteiger partial charge in [-0.15, -0.1) is 0 Å². The molecule has 0 fully saturated rings. The van der Waals surface area contributed by atoms with Crippen LogP contribution in [-0.4, -0.2) is 29.1 Å². The van der Waals surface area contributed by atoms with E-state index in [9.17, 15) is 15.2 Å². The van der Waals surface area contributed by atoms with E-state index < -0.39 is 5.91 Å². The standard InChI is InChI=1S/C22H19Br2N3O3/c1-2-30-18-10-14(19(23)20(24)21(18)28)9-15(11-25)22(29)26-8-7-13-12-27-17-6-4-3-5-16(13)17/h3-6,9-10,12,27-28H,2,7-8H2,1H3,(H,26,29)/b15-9-. The van der Waals surface area contributed by atoms with E-state index in [0.29, 0.717) is 34.1 Å². The summed E-state index contributed by atoms with van der Waals surface area (Å²) in [5.41, 5.74) is 2.63. The maximum Gasteiger partial charge on any atom is 0.261 e. The molecule has 6 nitrogen and oxygen atoms in total. The number of hydrogen-bond donors (Lipinski definition) is 3. The Morgan fingerprint density at radius 2 is 2.10 bits per heavy atom. The third-order valence-corrected chi connectivity index (χ3v) is 6.65. The predicted octanol–water partition coefficient (Wildman–Crippen LogP) is 5.06. The molecule has 0 bridgehead atoms. The Labute approximate surface area is 190 Å². The van der Waals surface area contributed by atoms with Crippen LogP contribution in [0.25, 0.3) is 17.0 Å². The fourth-order valence-electron chi connectivity index (χ4n) is 3.03. The van der Waals surface area contributed by atoms with Crippen LogP contribution in [0.3, 0.4) is 0 Å². The summed E-state index contributed by atoms with van der Waals surface area (Å²) in [6, 6.07) is 11.5. The maximum atomic E-state index is 12.5. The summed E-state index contributed by atoms with van der Waals surface area (Å²) in [5, 5.41) is 23.5. The van der Waals surface area contributed by atoms with E-state index >= 15 is 0 Å². The first kappa shape index (κ1) is 21.9. The smallest absolute Gasteiger partial charge is 0.261 e. The van der Waals surface area contributed by atoms with Gasteiger partial charge in [0, 0.05) is 28.1 Å². The van der Waals surface area contributed by atoms with E-state index in [1.54, 1.807) is 13.0 Å². The van der Waals surface area contributed by atoms with E-state index in [-0.39, 0.29) is 17.1 Å². The summed E-state index contributed by atoms with van der Waals surface area (Å²) >= 11 is 6.66. The average molecular weight is 533 g/mol. The molecule has 0 aliphatic rings. The second-order valence-electron chi connectivity index (χ2n) is 6.41. The molecular formula is C22H19Br2N3O3. The van der Waals surface area contributed by atoms with Gasteiger partial charge >= 0.3 is 0 Å². The highest BCUT2D eigenvalue weighted by molar-refractivity contribution is 9.13. The molecule has 3 aromatic rings. The molecule has 2 aromatic carbocycles. The van der Waals surface area contributed by atoms with E-state index in [1.807, 2.05) is 36.5 Å². The highest BCUT2D eigenvalue weighted by atomic mass is 79.9. The van der Waals surface area contributed by atoms with Crippen molar-refractivity contribution in [3.8, 4) is 17.6 Å². The summed E-state index contributed by atoms with van der Waals surface area (Å²) in [4.78, 5) is 15.7. The van der Waals surface area contributed by atoms with Gasteiger partial charge in [-0.3, -0.25) is 4.79 Å². The number of aromatic hydroxyl groups is 1. The minimum Gasteiger partial charge on any atom is -0.503 e. The third kappa shape index (κ3) is 4.69. The quantitative estimate of drug-likeness (QED) is 0.292. The number of aromatic amines is 1. The number of nitrogens with one attached hydrogen (secondary N) is 2.